The highest BCUT2D eigenvalue weighted by Gasteiger charge is 2.15. The minimum atomic E-state index is -0.488. The van der Waals surface area contributed by atoms with Crippen LogP contribution in [0.4, 0.5) is 4.79 Å². The van der Waals surface area contributed by atoms with E-state index in [1.165, 1.54) is 0 Å². The summed E-state index contributed by atoms with van der Waals surface area (Å²) in [5, 5.41) is 2.68. The van der Waals surface area contributed by atoms with Crippen LogP contribution in [-0.2, 0) is 4.74 Å². The summed E-state index contributed by atoms with van der Waals surface area (Å²) in [7, 11) is 0. The van der Waals surface area contributed by atoms with Crippen molar-refractivity contribution in [1.29, 1.82) is 0 Å². The zero-order valence-corrected chi connectivity index (χ0v) is 13.2. The molecule has 0 bridgehead atoms. The number of rotatable bonds is 6. The largest absolute Gasteiger partial charge is 0.444 e. The van der Waals surface area contributed by atoms with Gasteiger partial charge in [0.2, 0.25) is 0 Å². The first-order valence-electron chi connectivity index (χ1n) is 7.19. The number of hydrogen-bond donors (Lipinski definition) is 1. The number of ether oxygens (including phenoxy) is 1. The fraction of sp³-hybridized carbons (Fsp3) is 0.562. The SMILES string of the molecule is Cc1cncc(C(=O)CCCCNC(=O)OC(C)(C)C)c1. The topological polar surface area (TPSA) is 68.3 Å². The predicted molar refractivity (Wildman–Crippen MR) is 81.4 cm³/mol. The molecule has 0 aliphatic heterocycles. The van der Waals surface area contributed by atoms with Gasteiger partial charge in [-0.05, 0) is 52.2 Å². The van der Waals surface area contributed by atoms with Crippen molar-refractivity contribution in [2.24, 2.45) is 0 Å². The van der Waals surface area contributed by atoms with E-state index in [1.54, 1.807) is 12.4 Å². The maximum Gasteiger partial charge on any atom is 0.407 e. The second-order valence-electron chi connectivity index (χ2n) is 6.06. The number of nitrogens with zero attached hydrogens (tertiary/aromatic N) is 1. The summed E-state index contributed by atoms with van der Waals surface area (Å²) in [5.74, 6) is 0.0865. The van der Waals surface area contributed by atoms with E-state index in [1.807, 2.05) is 33.8 Å². The number of carbonyl (C=O) groups excluding carboxylic acids is 2. The zero-order valence-electron chi connectivity index (χ0n) is 13.2. The van der Waals surface area contributed by atoms with E-state index in [0.29, 0.717) is 18.5 Å². The third-order valence-corrected chi connectivity index (χ3v) is 2.70. The zero-order chi connectivity index (χ0) is 15.9. The lowest BCUT2D eigenvalue weighted by Crippen LogP contribution is -2.33. The molecule has 1 amide bonds. The van der Waals surface area contributed by atoms with Crippen LogP contribution in [0.5, 0.6) is 0 Å². The second kappa shape index (κ2) is 7.76. The Labute approximate surface area is 126 Å². The Balaban J connectivity index is 2.20. The number of unbranched alkanes of at least 4 members (excludes halogenated alkanes) is 1. The molecule has 5 heteroatoms. The molecule has 21 heavy (non-hydrogen) atoms. The van der Waals surface area contributed by atoms with Crippen molar-refractivity contribution < 1.29 is 14.3 Å². The smallest absolute Gasteiger partial charge is 0.407 e. The quantitative estimate of drug-likeness (QED) is 0.645. The van der Waals surface area contributed by atoms with Crippen molar-refractivity contribution in [1.82, 2.24) is 10.3 Å². The Kier molecular flexibility index (Phi) is 6.34. The van der Waals surface area contributed by atoms with Crippen LogP contribution in [0, 0.1) is 6.92 Å². The lowest BCUT2D eigenvalue weighted by atomic mass is 10.1. The Bertz CT molecular complexity index is 493. The lowest BCUT2D eigenvalue weighted by Gasteiger charge is -2.19. The standard InChI is InChI=1S/C16H24N2O3/c1-12-9-13(11-17-10-12)14(19)7-5-6-8-18-15(20)21-16(2,3)4/h9-11H,5-8H2,1-4H3,(H,18,20). The Morgan fingerprint density at radius 3 is 2.57 bits per heavy atom. The van der Waals surface area contributed by atoms with Crippen LogP contribution in [-0.4, -0.2) is 29.0 Å². The van der Waals surface area contributed by atoms with Gasteiger partial charge in [-0.3, -0.25) is 9.78 Å². The van der Waals surface area contributed by atoms with Gasteiger partial charge in [-0.25, -0.2) is 4.79 Å². The predicted octanol–water partition coefficient (Wildman–Crippen LogP) is 3.27. The normalized spacial score (nSPS) is 11.0. The minimum absolute atomic E-state index is 0.0865. The van der Waals surface area contributed by atoms with E-state index in [9.17, 15) is 9.59 Å². The van der Waals surface area contributed by atoms with Crippen molar-refractivity contribution in [3.63, 3.8) is 0 Å². The third kappa shape index (κ3) is 7.44. The van der Waals surface area contributed by atoms with Gasteiger partial charge in [0.1, 0.15) is 5.60 Å². The molecule has 5 nitrogen and oxygen atoms in total. The molecule has 1 aromatic rings. The molecule has 0 aliphatic carbocycles. The molecule has 0 aliphatic rings. The van der Waals surface area contributed by atoms with Crippen LogP contribution in [0.2, 0.25) is 0 Å². The summed E-state index contributed by atoms with van der Waals surface area (Å²) < 4.78 is 5.12. The number of ketones is 1. The summed E-state index contributed by atoms with van der Waals surface area (Å²) in [6, 6.07) is 1.84. The van der Waals surface area contributed by atoms with Crippen LogP contribution in [0.15, 0.2) is 18.5 Å². The molecular weight excluding hydrogens is 268 g/mol. The van der Waals surface area contributed by atoms with E-state index in [-0.39, 0.29) is 5.78 Å². The number of alkyl carbamates (subject to hydrolysis) is 1. The molecule has 0 unspecified atom stereocenters. The molecule has 0 radical (unpaired) electrons. The number of pyridine rings is 1. The van der Waals surface area contributed by atoms with E-state index >= 15 is 0 Å². The summed E-state index contributed by atoms with van der Waals surface area (Å²) in [5.41, 5.74) is 1.14. The summed E-state index contributed by atoms with van der Waals surface area (Å²) in [6.07, 6.45) is 4.82. The van der Waals surface area contributed by atoms with Crippen molar-refractivity contribution >= 4 is 11.9 Å². The molecule has 0 aromatic carbocycles. The number of aryl methyl sites for hydroxylation is 1. The highest BCUT2D eigenvalue weighted by atomic mass is 16.6. The molecule has 1 rings (SSSR count). The van der Waals surface area contributed by atoms with Crippen LogP contribution in [0.3, 0.4) is 0 Å². The monoisotopic (exact) mass is 292 g/mol. The fourth-order valence-electron chi connectivity index (χ4n) is 1.77. The molecule has 1 heterocycles. The van der Waals surface area contributed by atoms with Gasteiger partial charge in [-0.15, -0.1) is 0 Å². The van der Waals surface area contributed by atoms with Gasteiger partial charge < -0.3 is 10.1 Å². The van der Waals surface area contributed by atoms with Crippen LogP contribution in [0.1, 0.15) is 56.0 Å². The number of Topliss-reactive ketones (excluding diaryl/α,β-unsaturated/α-hetero) is 1. The van der Waals surface area contributed by atoms with E-state index in [2.05, 4.69) is 10.3 Å². The minimum Gasteiger partial charge on any atom is -0.444 e. The number of aromatic nitrogens is 1. The lowest BCUT2D eigenvalue weighted by molar-refractivity contribution is 0.0527. The van der Waals surface area contributed by atoms with Crippen molar-refractivity contribution in [2.45, 2.75) is 52.6 Å². The van der Waals surface area contributed by atoms with Gasteiger partial charge in [0.05, 0.1) is 0 Å². The van der Waals surface area contributed by atoms with Crippen LogP contribution in [0.25, 0.3) is 0 Å². The maximum absolute atomic E-state index is 11.9. The second-order valence-corrected chi connectivity index (χ2v) is 6.06. The molecule has 0 saturated carbocycles. The summed E-state index contributed by atoms with van der Waals surface area (Å²) >= 11 is 0. The van der Waals surface area contributed by atoms with Gasteiger partial charge in [0, 0.05) is 30.9 Å². The highest BCUT2D eigenvalue weighted by molar-refractivity contribution is 5.95. The van der Waals surface area contributed by atoms with E-state index in [0.717, 1.165) is 18.4 Å². The molecule has 0 spiro atoms. The molecule has 0 saturated heterocycles. The average molecular weight is 292 g/mol. The van der Waals surface area contributed by atoms with Gasteiger partial charge in [0.15, 0.2) is 5.78 Å². The Morgan fingerprint density at radius 2 is 1.95 bits per heavy atom. The number of carbonyl (C=O) groups is 2. The fourth-order valence-corrected chi connectivity index (χ4v) is 1.77. The molecular formula is C16H24N2O3. The number of amides is 1. The summed E-state index contributed by atoms with van der Waals surface area (Å²) in [6.45, 7) is 7.88. The number of nitrogens with one attached hydrogen (secondary N) is 1. The van der Waals surface area contributed by atoms with Crippen LogP contribution < -0.4 is 5.32 Å². The molecule has 1 N–H and O–H groups in total. The van der Waals surface area contributed by atoms with Gasteiger partial charge >= 0.3 is 6.09 Å². The van der Waals surface area contributed by atoms with Gasteiger partial charge in [-0.1, -0.05) is 0 Å². The first kappa shape index (κ1) is 17.1. The maximum atomic E-state index is 11.9. The first-order valence-corrected chi connectivity index (χ1v) is 7.19. The van der Waals surface area contributed by atoms with E-state index < -0.39 is 11.7 Å². The van der Waals surface area contributed by atoms with Crippen molar-refractivity contribution in [3.8, 4) is 0 Å². The number of hydrogen-bond acceptors (Lipinski definition) is 4. The Morgan fingerprint density at radius 1 is 1.24 bits per heavy atom. The third-order valence-electron chi connectivity index (χ3n) is 2.70. The first-order chi connectivity index (χ1) is 9.78. The molecule has 1 aromatic heterocycles. The summed E-state index contributed by atoms with van der Waals surface area (Å²) in [4.78, 5) is 27.3. The molecule has 0 fully saturated rings. The molecule has 116 valence electrons. The Hall–Kier alpha value is -1.91. The van der Waals surface area contributed by atoms with Gasteiger partial charge in [-0.2, -0.15) is 0 Å². The van der Waals surface area contributed by atoms with Gasteiger partial charge in [0.25, 0.3) is 0 Å². The molecule has 0 atom stereocenters. The van der Waals surface area contributed by atoms with Crippen molar-refractivity contribution in [3.05, 3.63) is 29.6 Å². The van der Waals surface area contributed by atoms with Crippen molar-refractivity contribution in [2.75, 3.05) is 6.54 Å². The van der Waals surface area contributed by atoms with Crippen LogP contribution >= 0.6 is 0 Å². The highest BCUT2D eigenvalue weighted by Crippen LogP contribution is 2.08. The average Bonchev–Trinajstić information content (AvgIpc) is 2.36. The van der Waals surface area contributed by atoms with E-state index in [4.69, 9.17) is 4.74 Å².